The summed E-state index contributed by atoms with van der Waals surface area (Å²) in [5.41, 5.74) is -2.64. The van der Waals surface area contributed by atoms with Gasteiger partial charge in [-0.05, 0) is 50.2 Å². The molecule has 184 valence electrons. The SMILES string of the molecule is O=C(c1cccc(F)c1F)[N+]1(CCC(F)(F)F)CC2(CCNCC2)c2cc(C(F)(F)F)ccc21. The fraction of sp³-hybridized carbons (Fsp3) is 0.435. The van der Waals surface area contributed by atoms with Gasteiger partial charge in [-0.25, -0.2) is 18.1 Å². The van der Waals surface area contributed by atoms with Crippen LogP contribution in [0.15, 0.2) is 36.4 Å². The van der Waals surface area contributed by atoms with Gasteiger partial charge in [-0.15, -0.1) is 0 Å². The number of alkyl halides is 6. The summed E-state index contributed by atoms with van der Waals surface area (Å²) < 4.78 is 108. The minimum Gasteiger partial charge on any atom is -0.317 e. The summed E-state index contributed by atoms with van der Waals surface area (Å²) >= 11 is 0. The molecule has 2 heterocycles. The molecule has 0 bridgehead atoms. The number of piperidine rings is 1. The zero-order valence-electron chi connectivity index (χ0n) is 17.8. The Morgan fingerprint density at radius 1 is 1.00 bits per heavy atom. The van der Waals surface area contributed by atoms with Gasteiger partial charge in [0.15, 0.2) is 11.6 Å². The third kappa shape index (κ3) is 4.19. The van der Waals surface area contributed by atoms with Crippen LogP contribution in [-0.4, -0.2) is 38.3 Å². The van der Waals surface area contributed by atoms with E-state index in [9.17, 15) is 39.9 Å². The van der Waals surface area contributed by atoms with Crippen LogP contribution in [-0.2, 0) is 11.6 Å². The largest absolute Gasteiger partial charge is 0.416 e. The number of amides is 1. The summed E-state index contributed by atoms with van der Waals surface area (Å²) in [5, 5.41) is 3.07. The van der Waals surface area contributed by atoms with Crippen molar-refractivity contribution >= 4 is 11.6 Å². The smallest absolute Gasteiger partial charge is 0.317 e. The summed E-state index contributed by atoms with van der Waals surface area (Å²) in [6.45, 7) is -0.336. The van der Waals surface area contributed by atoms with Crippen LogP contribution in [0.25, 0.3) is 0 Å². The fourth-order valence-corrected chi connectivity index (χ4v) is 5.23. The summed E-state index contributed by atoms with van der Waals surface area (Å²) in [4.78, 5) is 13.7. The van der Waals surface area contributed by atoms with E-state index in [0.717, 1.165) is 30.3 Å². The third-order valence-electron chi connectivity index (χ3n) is 6.84. The first-order valence-corrected chi connectivity index (χ1v) is 10.6. The van der Waals surface area contributed by atoms with Gasteiger partial charge in [-0.3, -0.25) is 0 Å². The molecule has 2 aromatic carbocycles. The number of nitrogens with zero attached hydrogens (tertiary/aromatic N) is 1. The Labute approximate surface area is 189 Å². The monoisotopic (exact) mass is 493 g/mol. The van der Waals surface area contributed by atoms with Crippen molar-refractivity contribution in [2.45, 2.75) is 37.0 Å². The van der Waals surface area contributed by atoms with Crippen LogP contribution >= 0.6 is 0 Å². The highest BCUT2D eigenvalue weighted by atomic mass is 19.4. The molecular weight excluding hydrogens is 472 g/mol. The number of quaternary nitrogens is 1. The van der Waals surface area contributed by atoms with Crippen LogP contribution in [0.2, 0.25) is 0 Å². The highest BCUT2D eigenvalue weighted by Crippen LogP contribution is 2.52. The standard InChI is InChI=1S/C23H21F8N2O/c24-17-3-1-2-15(19(17)25)20(34)33(11-8-22(26,27)28)13-21(6-9-32-10-7-21)16-12-14(23(29,30)31)4-5-18(16)33/h1-5,12,32H,6-11,13H2/q+1. The quantitative estimate of drug-likeness (QED) is 0.438. The van der Waals surface area contributed by atoms with Crippen molar-refractivity contribution in [2.24, 2.45) is 0 Å². The van der Waals surface area contributed by atoms with Crippen LogP contribution in [0, 0.1) is 11.6 Å². The summed E-state index contributed by atoms with van der Waals surface area (Å²) in [7, 11) is 0. The first-order valence-electron chi connectivity index (χ1n) is 10.6. The molecule has 2 aliphatic rings. The molecule has 2 aliphatic heterocycles. The topological polar surface area (TPSA) is 29.1 Å². The molecule has 4 rings (SSSR count). The predicted octanol–water partition coefficient (Wildman–Crippen LogP) is 5.72. The average Bonchev–Trinajstić information content (AvgIpc) is 3.03. The Morgan fingerprint density at radius 2 is 1.68 bits per heavy atom. The zero-order chi connectivity index (χ0) is 24.9. The molecule has 1 N–H and O–H groups in total. The lowest BCUT2D eigenvalue weighted by Gasteiger charge is -2.37. The second kappa shape index (κ2) is 8.30. The van der Waals surface area contributed by atoms with Crippen LogP contribution in [0.3, 0.4) is 0 Å². The number of fused-ring (bicyclic) bond motifs is 2. The predicted molar refractivity (Wildman–Crippen MR) is 108 cm³/mol. The van der Waals surface area contributed by atoms with E-state index in [1.54, 1.807) is 0 Å². The second-order valence-electron chi connectivity index (χ2n) is 8.88. The number of hydrogen-bond donors (Lipinski definition) is 1. The van der Waals surface area contributed by atoms with Crippen LogP contribution in [0.5, 0.6) is 0 Å². The number of nitrogens with one attached hydrogen (secondary N) is 1. The van der Waals surface area contributed by atoms with Gasteiger partial charge in [0.05, 0.1) is 23.9 Å². The van der Waals surface area contributed by atoms with Crippen LogP contribution in [0.4, 0.5) is 40.8 Å². The fourth-order valence-electron chi connectivity index (χ4n) is 5.23. The van der Waals surface area contributed by atoms with Gasteiger partial charge in [0.2, 0.25) is 0 Å². The highest BCUT2D eigenvalue weighted by molar-refractivity contribution is 6.04. The van der Waals surface area contributed by atoms with Crippen LogP contribution < -0.4 is 9.80 Å². The van der Waals surface area contributed by atoms with E-state index < -0.39 is 63.9 Å². The number of carbonyl (C=O) groups is 1. The van der Waals surface area contributed by atoms with E-state index >= 15 is 0 Å². The summed E-state index contributed by atoms with van der Waals surface area (Å²) in [6.07, 6.45) is -10.2. The molecule has 0 aliphatic carbocycles. The molecule has 0 saturated carbocycles. The van der Waals surface area contributed by atoms with Gasteiger partial charge in [-0.1, -0.05) is 6.07 Å². The average molecular weight is 493 g/mol. The Bertz CT molecular complexity index is 1110. The van der Waals surface area contributed by atoms with E-state index in [2.05, 4.69) is 5.32 Å². The Balaban J connectivity index is 1.95. The number of halogens is 8. The van der Waals surface area contributed by atoms with Gasteiger partial charge in [-0.2, -0.15) is 26.3 Å². The van der Waals surface area contributed by atoms with Crippen molar-refractivity contribution in [3.8, 4) is 0 Å². The van der Waals surface area contributed by atoms with E-state index in [0.29, 0.717) is 19.2 Å². The van der Waals surface area contributed by atoms with E-state index in [-0.39, 0.29) is 30.6 Å². The van der Waals surface area contributed by atoms with E-state index in [1.807, 2.05) is 0 Å². The van der Waals surface area contributed by atoms with Crippen molar-refractivity contribution < 1.29 is 39.9 Å². The lowest BCUT2D eigenvalue weighted by Crippen LogP contribution is -2.58. The van der Waals surface area contributed by atoms with Gasteiger partial charge in [0.25, 0.3) is 0 Å². The van der Waals surface area contributed by atoms with Gasteiger partial charge in [0.1, 0.15) is 17.8 Å². The highest BCUT2D eigenvalue weighted by Gasteiger charge is 2.59. The number of benzene rings is 2. The summed E-state index contributed by atoms with van der Waals surface area (Å²) in [5.74, 6) is -3.96. The van der Waals surface area contributed by atoms with Gasteiger partial charge in [0, 0.05) is 11.6 Å². The zero-order valence-corrected chi connectivity index (χ0v) is 17.8. The Morgan fingerprint density at radius 3 is 2.29 bits per heavy atom. The normalized spacial score (nSPS) is 22.1. The molecule has 3 nitrogen and oxygen atoms in total. The van der Waals surface area contributed by atoms with E-state index in [4.69, 9.17) is 0 Å². The first kappa shape index (κ1) is 24.6. The van der Waals surface area contributed by atoms with E-state index in [1.165, 1.54) is 0 Å². The molecule has 1 unspecified atom stereocenters. The molecule has 34 heavy (non-hydrogen) atoms. The maximum Gasteiger partial charge on any atom is 0.416 e. The molecule has 1 atom stereocenters. The Kier molecular flexibility index (Phi) is 6.00. The number of carbonyl (C=O) groups excluding carboxylic acids is 1. The molecule has 2 aromatic rings. The van der Waals surface area contributed by atoms with Gasteiger partial charge < -0.3 is 5.32 Å². The lowest BCUT2D eigenvalue weighted by atomic mass is 9.74. The Hall–Kier alpha value is -2.53. The van der Waals surface area contributed by atoms with Crippen molar-refractivity contribution in [3.05, 3.63) is 64.7 Å². The van der Waals surface area contributed by atoms with Gasteiger partial charge >= 0.3 is 18.3 Å². The molecule has 11 heteroatoms. The van der Waals surface area contributed by atoms with Crippen molar-refractivity contribution in [1.82, 2.24) is 9.80 Å². The van der Waals surface area contributed by atoms with Crippen molar-refractivity contribution in [1.29, 1.82) is 0 Å². The van der Waals surface area contributed by atoms with Crippen LogP contribution in [0.1, 0.15) is 40.7 Å². The van der Waals surface area contributed by atoms with Crippen molar-refractivity contribution in [3.63, 3.8) is 0 Å². The molecule has 1 spiro atoms. The third-order valence-corrected chi connectivity index (χ3v) is 6.84. The molecule has 0 aromatic heterocycles. The lowest BCUT2D eigenvalue weighted by molar-refractivity contribution is -0.138. The second-order valence-corrected chi connectivity index (χ2v) is 8.88. The molecule has 1 fully saturated rings. The number of rotatable bonds is 3. The summed E-state index contributed by atoms with van der Waals surface area (Å²) in [6, 6.07) is 5.44. The molecule has 0 radical (unpaired) electrons. The van der Waals surface area contributed by atoms with Crippen molar-refractivity contribution in [2.75, 3.05) is 26.2 Å². The molecular formula is C23H21F8N2O+. The molecule has 1 amide bonds. The molecule has 1 saturated heterocycles. The maximum absolute atomic E-state index is 14.6. The minimum atomic E-state index is -4.70. The minimum absolute atomic E-state index is 0.0344. The number of hydrogen-bond acceptors (Lipinski definition) is 2. The maximum atomic E-state index is 14.6. The first-order chi connectivity index (χ1) is 15.8.